The second-order valence-electron chi connectivity index (χ2n) is 3.99. The first-order valence-electron chi connectivity index (χ1n) is 5.28. The van der Waals surface area contributed by atoms with Crippen LogP contribution in [0.3, 0.4) is 0 Å². The lowest BCUT2D eigenvalue weighted by Gasteiger charge is -2.12. The summed E-state index contributed by atoms with van der Waals surface area (Å²) in [4.78, 5) is 0. The van der Waals surface area contributed by atoms with E-state index < -0.39 is 0 Å². The fraction of sp³-hybridized carbons (Fsp3) is 0.231. The number of aryl methyl sites for hydroxylation is 1. The Hall–Kier alpha value is -0.960. The van der Waals surface area contributed by atoms with Gasteiger partial charge < -0.3 is 9.67 Å². The summed E-state index contributed by atoms with van der Waals surface area (Å²) in [5, 5.41) is 10.5. The maximum absolute atomic E-state index is 9.25. The minimum atomic E-state index is 0.0326. The van der Waals surface area contributed by atoms with Gasteiger partial charge in [0.2, 0.25) is 0 Å². The summed E-state index contributed by atoms with van der Waals surface area (Å²) in [5.74, 6) is 0. The highest BCUT2D eigenvalue weighted by atomic mass is 35.5. The van der Waals surface area contributed by atoms with Gasteiger partial charge in [-0.25, -0.2) is 0 Å². The fourth-order valence-corrected chi connectivity index (χ4v) is 2.52. The largest absolute Gasteiger partial charge is 0.392 e. The molecule has 0 aliphatic rings. The minimum Gasteiger partial charge on any atom is -0.392 e. The molecule has 1 aromatic heterocycles. The van der Waals surface area contributed by atoms with Gasteiger partial charge in [-0.1, -0.05) is 23.2 Å². The van der Waals surface area contributed by atoms with Crippen molar-refractivity contribution in [1.29, 1.82) is 0 Å². The van der Waals surface area contributed by atoms with E-state index in [0.29, 0.717) is 10.0 Å². The van der Waals surface area contributed by atoms with E-state index in [9.17, 15) is 5.11 Å². The third-order valence-corrected chi connectivity index (χ3v) is 3.39. The highest BCUT2D eigenvalue weighted by Crippen LogP contribution is 2.28. The number of aliphatic hydroxyl groups excluding tert-OH is 1. The van der Waals surface area contributed by atoms with Crippen molar-refractivity contribution in [3.05, 3.63) is 51.3 Å². The van der Waals surface area contributed by atoms with Crippen molar-refractivity contribution >= 4 is 23.2 Å². The number of aliphatic hydroxyl groups is 1. The second kappa shape index (κ2) is 4.73. The van der Waals surface area contributed by atoms with Gasteiger partial charge in [0, 0.05) is 16.4 Å². The zero-order valence-electron chi connectivity index (χ0n) is 9.67. The molecular weight excluding hydrogens is 257 g/mol. The molecule has 0 aliphatic heterocycles. The average Bonchev–Trinajstić information content (AvgIpc) is 2.55. The van der Waals surface area contributed by atoms with Crippen LogP contribution in [0.25, 0.3) is 5.69 Å². The first-order valence-corrected chi connectivity index (χ1v) is 6.04. The lowest BCUT2D eigenvalue weighted by molar-refractivity contribution is 0.281. The predicted molar refractivity (Wildman–Crippen MR) is 71.2 cm³/mol. The van der Waals surface area contributed by atoms with E-state index in [0.717, 1.165) is 22.6 Å². The molecule has 0 unspecified atom stereocenters. The standard InChI is InChI=1S/C13H13Cl2NO/c1-8-5-10(7-17)9(2)16(8)13-4-3-11(14)6-12(13)15/h3-6,17H,7H2,1-2H3. The monoisotopic (exact) mass is 269 g/mol. The summed E-state index contributed by atoms with van der Waals surface area (Å²) in [6.07, 6.45) is 0. The molecule has 0 bridgehead atoms. The number of hydrogen-bond acceptors (Lipinski definition) is 1. The predicted octanol–water partition coefficient (Wildman–Crippen LogP) is 3.89. The Morgan fingerprint density at radius 2 is 1.88 bits per heavy atom. The quantitative estimate of drug-likeness (QED) is 0.879. The van der Waals surface area contributed by atoms with E-state index in [4.69, 9.17) is 23.2 Å². The maximum Gasteiger partial charge on any atom is 0.0699 e. The van der Waals surface area contributed by atoms with Crippen molar-refractivity contribution in [2.45, 2.75) is 20.5 Å². The van der Waals surface area contributed by atoms with Gasteiger partial charge in [-0.2, -0.15) is 0 Å². The number of aromatic nitrogens is 1. The maximum atomic E-state index is 9.25. The molecule has 0 spiro atoms. The van der Waals surface area contributed by atoms with Crippen LogP contribution < -0.4 is 0 Å². The van der Waals surface area contributed by atoms with Gasteiger partial charge in [0.25, 0.3) is 0 Å². The van der Waals surface area contributed by atoms with Gasteiger partial charge in [0.1, 0.15) is 0 Å². The highest BCUT2D eigenvalue weighted by molar-refractivity contribution is 6.35. The topological polar surface area (TPSA) is 25.2 Å². The molecule has 0 radical (unpaired) electrons. The molecule has 0 amide bonds. The zero-order valence-corrected chi connectivity index (χ0v) is 11.2. The van der Waals surface area contributed by atoms with Crippen molar-refractivity contribution in [1.82, 2.24) is 4.57 Å². The van der Waals surface area contributed by atoms with E-state index in [1.54, 1.807) is 12.1 Å². The SMILES string of the molecule is Cc1cc(CO)c(C)n1-c1ccc(Cl)cc1Cl. The minimum absolute atomic E-state index is 0.0326. The van der Waals surface area contributed by atoms with Crippen LogP contribution in [0.2, 0.25) is 10.0 Å². The van der Waals surface area contributed by atoms with Crippen LogP contribution in [0, 0.1) is 13.8 Å². The molecule has 1 N–H and O–H groups in total. The molecule has 4 heteroatoms. The van der Waals surface area contributed by atoms with Gasteiger partial charge in [-0.05, 0) is 43.7 Å². The summed E-state index contributed by atoms with van der Waals surface area (Å²) in [6.45, 7) is 3.98. The van der Waals surface area contributed by atoms with Crippen LogP contribution in [0.4, 0.5) is 0 Å². The van der Waals surface area contributed by atoms with E-state index in [1.165, 1.54) is 0 Å². The van der Waals surface area contributed by atoms with Crippen molar-refractivity contribution in [3.63, 3.8) is 0 Å². The molecule has 0 saturated heterocycles. The average molecular weight is 270 g/mol. The van der Waals surface area contributed by atoms with E-state index in [-0.39, 0.29) is 6.61 Å². The zero-order chi connectivity index (χ0) is 12.6. The molecular formula is C13H13Cl2NO. The first-order chi connectivity index (χ1) is 8.04. The molecule has 0 saturated carbocycles. The number of nitrogens with zero attached hydrogens (tertiary/aromatic N) is 1. The molecule has 0 aliphatic carbocycles. The van der Waals surface area contributed by atoms with Crippen LogP contribution in [0.5, 0.6) is 0 Å². The van der Waals surface area contributed by atoms with Gasteiger partial charge in [-0.15, -0.1) is 0 Å². The molecule has 2 aromatic rings. The first kappa shape index (κ1) is 12.5. The Labute approximate surface area is 110 Å². The van der Waals surface area contributed by atoms with Crippen molar-refractivity contribution < 1.29 is 5.11 Å². The van der Waals surface area contributed by atoms with Gasteiger partial charge in [0.15, 0.2) is 0 Å². The van der Waals surface area contributed by atoms with Crippen LogP contribution in [0.15, 0.2) is 24.3 Å². The molecule has 1 aromatic carbocycles. The Balaban J connectivity index is 2.64. The normalized spacial score (nSPS) is 10.9. The number of benzene rings is 1. The molecule has 0 fully saturated rings. The smallest absolute Gasteiger partial charge is 0.0699 e. The molecule has 90 valence electrons. The van der Waals surface area contributed by atoms with Gasteiger partial charge in [0.05, 0.1) is 17.3 Å². The second-order valence-corrected chi connectivity index (χ2v) is 4.83. The third kappa shape index (κ3) is 2.21. The van der Waals surface area contributed by atoms with Crippen LogP contribution in [-0.4, -0.2) is 9.67 Å². The summed E-state index contributed by atoms with van der Waals surface area (Å²) < 4.78 is 2.02. The Kier molecular flexibility index (Phi) is 3.48. The van der Waals surface area contributed by atoms with Crippen molar-refractivity contribution in [2.24, 2.45) is 0 Å². The van der Waals surface area contributed by atoms with Gasteiger partial charge in [-0.3, -0.25) is 0 Å². The number of rotatable bonds is 2. The van der Waals surface area contributed by atoms with E-state index >= 15 is 0 Å². The lowest BCUT2D eigenvalue weighted by atomic mass is 10.2. The Bertz CT molecular complexity index is 561. The molecule has 2 rings (SSSR count). The Morgan fingerprint density at radius 1 is 1.18 bits per heavy atom. The Morgan fingerprint density at radius 3 is 2.41 bits per heavy atom. The lowest BCUT2D eigenvalue weighted by Crippen LogP contribution is -2.00. The van der Waals surface area contributed by atoms with E-state index in [1.807, 2.05) is 30.5 Å². The number of halogens is 2. The summed E-state index contributed by atoms with van der Waals surface area (Å²) >= 11 is 12.1. The van der Waals surface area contributed by atoms with Crippen LogP contribution in [0.1, 0.15) is 17.0 Å². The van der Waals surface area contributed by atoms with Crippen molar-refractivity contribution in [3.8, 4) is 5.69 Å². The highest BCUT2D eigenvalue weighted by Gasteiger charge is 2.12. The summed E-state index contributed by atoms with van der Waals surface area (Å²) in [6, 6.07) is 7.36. The fourth-order valence-electron chi connectivity index (χ4n) is 2.02. The summed E-state index contributed by atoms with van der Waals surface area (Å²) in [5.41, 5.74) is 3.82. The molecule has 0 atom stereocenters. The molecule has 2 nitrogen and oxygen atoms in total. The third-order valence-electron chi connectivity index (χ3n) is 2.86. The van der Waals surface area contributed by atoms with Crippen molar-refractivity contribution in [2.75, 3.05) is 0 Å². The molecule has 17 heavy (non-hydrogen) atoms. The summed E-state index contributed by atoms with van der Waals surface area (Å²) in [7, 11) is 0. The van der Waals surface area contributed by atoms with Gasteiger partial charge >= 0.3 is 0 Å². The molecule has 1 heterocycles. The number of hydrogen-bond donors (Lipinski definition) is 1. The van der Waals surface area contributed by atoms with Crippen LogP contribution >= 0.6 is 23.2 Å². The van der Waals surface area contributed by atoms with E-state index in [2.05, 4.69) is 0 Å². The van der Waals surface area contributed by atoms with Crippen LogP contribution in [-0.2, 0) is 6.61 Å².